The van der Waals surface area contributed by atoms with Gasteiger partial charge in [0.15, 0.2) is 6.29 Å². The summed E-state index contributed by atoms with van der Waals surface area (Å²) in [5.74, 6) is 0. The van der Waals surface area contributed by atoms with E-state index in [4.69, 9.17) is 5.11 Å². The summed E-state index contributed by atoms with van der Waals surface area (Å²) in [4.78, 5) is 11.2. The van der Waals surface area contributed by atoms with Gasteiger partial charge in [-0.1, -0.05) is 32.6 Å². The molecule has 0 aliphatic heterocycles. The second-order valence-corrected chi connectivity index (χ2v) is 6.57. The lowest BCUT2D eigenvalue weighted by molar-refractivity contribution is -0.194. The SMILES string of the molecule is CCCCCCC(O)(C=O)C(O)C(O)C(O)C(O)C(O)C(O)C(O)CO. The highest BCUT2D eigenvalue weighted by molar-refractivity contribution is 5.63. The lowest BCUT2D eigenvalue weighted by Gasteiger charge is -2.36. The lowest BCUT2D eigenvalue weighted by atomic mass is 9.84. The van der Waals surface area contributed by atoms with Crippen molar-refractivity contribution < 1.29 is 50.8 Å². The molecule has 0 aromatic rings. The Bertz CT molecular complexity index is 395. The zero-order chi connectivity index (χ0) is 20.5. The van der Waals surface area contributed by atoms with Crippen molar-refractivity contribution in [2.45, 2.75) is 87.4 Å². The van der Waals surface area contributed by atoms with E-state index in [1.54, 1.807) is 0 Å². The van der Waals surface area contributed by atoms with Crippen LogP contribution in [0.3, 0.4) is 0 Å². The Morgan fingerprint density at radius 2 is 1.31 bits per heavy atom. The molecule has 8 atom stereocenters. The van der Waals surface area contributed by atoms with Crippen LogP contribution in [0, 0.1) is 0 Å². The third-order valence-corrected chi connectivity index (χ3v) is 4.45. The summed E-state index contributed by atoms with van der Waals surface area (Å²) < 4.78 is 0. The molecule has 0 aliphatic carbocycles. The minimum absolute atomic E-state index is 0.0344. The Balaban J connectivity index is 4.99. The molecule has 0 saturated heterocycles. The van der Waals surface area contributed by atoms with E-state index in [0.717, 1.165) is 12.8 Å². The van der Waals surface area contributed by atoms with E-state index in [0.29, 0.717) is 12.8 Å². The van der Waals surface area contributed by atoms with E-state index in [2.05, 4.69) is 0 Å². The number of aldehydes is 1. The number of carbonyl (C=O) groups is 1. The second-order valence-electron chi connectivity index (χ2n) is 6.57. The first kappa shape index (κ1) is 25.3. The first-order valence-corrected chi connectivity index (χ1v) is 8.63. The van der Waals surface area contributed by atoms with E-state index in [-0.39, 0.29) is 12.7 Å². The molecule has 0 rings (SSSR count). The Hall–Kier alpha value is -0.690. The van der Waals surface area contributed by atoms with Gasteiger partial charge in [-0.05, 0) is 6.42 Å². The summed E-state index contributed by atoms with van der Waals surface area (Å²) in [5.41, 5.74) is -2.37. The molecule has 0 spiro atoms. The van der Waals surface area contributed by atoms with Crippen molar-refractivity contribution in [1.29, 1.82) is 0 Å². The van der Waals surface area contributed by atoms with Crippen LogP contribution >= 0.6 is 0 Å². The summed E-state index contributed by atoms with van der Waals surface area (Å²) in [7, 11) is 0. The number of carbonyl (C=O) groups excluding carboxylic acids is 1. The topological polar surface area (TPSA) is 199 Å². The predicted octanol–water partition coefficient (Wildman–Crippen LogP) is -3.59. The minimum atomic E-state index is -2.37. The highest BCUT2D eigenvalue weighted by Gasteiger charge is 2.46. The van der Waals surface area contributed by atoms with Crippen molar-refractivity contribution in [3.8, 4) is 0 Å². The summed E-state index contributed by atoms with van der Waals surface area (Å²) >= 11 is 0. The summed E-state index contributed by atoms with van der Waals surface area (Å²) in [5, 5.41) is 87.1. The van der Waals surface area contributed by atoms with Crippen LogP contribution < -0.4 is 0 Å². The van der Waals surface area contributed by atoms with Crippen molar-refractivity contribution >= 4 is 6.29 Å². The van der Waals surface area contributed by atoms with Gasteiger partial charge in [0, 0.05) is 0 Å². The number of aliphatic hydroxyl groups excluding tert-OH is 8. The average molecular weight is 384 g/mol. The Kier molecular flexibility index (Phi) is 11.6. The molecule has 0 heterocycles. The van der Waals surface area contributed by atoms with E-state index in [1.807, 2.05) is 6.92 Å². The van der Waals surface area contributed by atoms with Crippen LogP contribution in [0.15, 0.2) is 0 Å². The van der Waals surface area contributed by atoms with Crippen molar-refractivity contribution in [3.63, 3.8) is 0 Å². The van der Waals surface area contributed by atoms with Crippen molar-refractivity contribution in [2.75, 3.05) is 6.61 Å². The third-order valence-electron chi connectivity index (χ3n) is 4.45. The van der Waals surface area contributed by atoms with Crippen LogP contribution in [0.25, 0.3) is 0 Å². The number of unbranched alkanes of at least 4 members (excludes halogenated alkanes) is 3. The Morgan fingerprint density at radius 1 is 0.808 bits per heavy atom. The molecule has 8 unspecified atom stereocenters. The molecule has 156 valence electrons. The van der Waals surface area contributed by atoms with Gasteiger partial charge in [-0.2, -0.15) is 0 Å². The smallest absolute Gasteiger partial charge is 0.154 e. The van der Waals surface area contributed by atoms with Gasteiger partial charge in [-0.25, -0.2) is 0 Å². The molecule has 0 radical (unpaired) electrons. The van der Waals surface area contributed by atoms with Gasteiger partial charge in [0.05, 0.1) is 6.61 Å². The first-order chi connectivity index (χ1) is 12.1. The molecule has 9 N–H and O–H groups in total. The van der Waals surface area contributed by atoms with Crippen LogP contribution in [-0.4, -0.2) is 107 Å². The van der Waals surface area contributed by atoms with Gasteiger partial charge in [0.1, 0.15) is 48.3 Å². The quantitative estimate of drug-likeness (QED) is 0.106. The molecule has 0 bridgehead atoms. The van der Waals surface area contributed by atoms with Crippen molar-refractivity contribution in [3.05, 3.63) is 0 Å². The monoisotopic (exact) mass is 384 g/mol. The van der Waals surface area contributed by atoms with E-state index >= 15 is 0 Å². The lowest BCUT2D eigenvalue weighted by Crippen LogP contribution is -2.59. The first-order valence-electron chi connectivity index (χ1n) is 8.63. The van der Waals surface area contributed by atoms with Crippen LogP contribution in [0.2, 0.25) is 0 Å². The molecule has 0 aromatic carbocycles. The zero-order valence-corrected chi connectivity index (χ0v) is 14.8. The van der Waals surface area contributed by atoms with Gasteiger partial charge in [-0.15, -0.1) is 0 Å². The fraction of sp³-hybridized carbons (Fsp3) is 0.938. The normalized spacial score (nSPS) is 22.5. The zero-order valence-electron chi connectivity index (χ0n) is 14.8. The van der Waals surface area contributed by atoms with Crippen LogP contribution in [-0.2, 0) is 4.79 Å². The highest BCUT2D eigenvalue weighted by Crippen LogP contribution is 2.23. The fourth-order valence-corrected chi connectivity index (χ4v) is 2.54. The molecule has 0 aromatic heterocycles. The van der Waals surface area contributed by atoms with Gasteiger partial charge >= 0.3 is 0 Å². The molecule has 0 fully saturated rings. The molecule has 10 nitrogen and oxygen atoms in total. The van der Waals surface area contributed by atoms with E-state index in [9.17, 15) is 45.6 Å². The van der Waals surface area contributed by atoms with Crippen LogP contribution in [0.1, 0.15) is 39.0 Å². The van der Waals surface area contributed by atoms with Gasteiger partial charge in [0.2, 0.25) is 0 Å². The highest BCUT2D eigenvalue weighted by atomic mass is 16.4. The summed E-state index contributed by atoms with van der Waals surface area (Å²) in [6.45, 7) is 1.02. The molecule has 0 saturated carbocycles. The van der Waals surface area contributed by atoms with E-state index < -0.39 is 54.9 Å². The second kappa shape index (κ2) is 11.9. The Morgan fingerprint density at radius 3 is 1.77 bits per heavy atom. The molecular weight excluding hydrogens is 352 g/mol. The maximum Gasteiger partial charge on any atom is 0.154 e. The number of rotatable bonds is 14. The predicted molar refractivity (Wildman–Crippen MR) is 88.9 cm³/mol. The molecular formula is C16H32O10. The average Bonchev–Trinajstić information content (AvgIpc) is 2.66. The maximum atomic E-state index is 11.2. The molecule has 0 aliphatic rings. The van der Waals surface area contributed by atoms with Gasteiger partial charge < -0.3 is 50.8 Å². The number of hydrogen-bond donors (Lipinski definition) is 9. The van der Waals surface area contributed by atoms with Crippen LogP contribution in [0.4, 0.5) is 0 Å². The molecule has 26 heavy (non-hydrogen) atoms. The number of aliphatic hydroxyl groups is 9. The molecule has 10 heteroatoms. The standard InChI is InChI=1S/C16H32O10/c1-2-3-4-5-6-16(26,8-18)15(25)14(24)13(23)12(22)11(21)10(20)9(19)7-17/h8-15,17,19-26H,2-7H2,1H3. The van der Waals surface area contributed by atoms with Gasteiger partial charge in [0.25, 0.3) is 0 Å². The largest absolute Gasteiger partial charge is 0.394 e. The van der Waals surface area contributed by atoms with Crippen molar-refractivity contribution in [2.24, 2.45) is 0 Å². The Labute approximate surface area is 152 Å². The number of hydrogen-bond acceptors (Lipinski definition) is 10. The van der Waals surface area contributed by atoms with E-state index in [1.165, 1.54) is 0 Å². The minimum Gasteiger partial charge on any atom is -0.394 e. The third kappa shape index (κ3) is 6.80. The van der Waals surface area contributed by atoms with Gasteiger partial charge in [-0.3, -0.25) is 0 Å². The maximum absolute atomic E-state index is 11.2. The summed E-state index contributed by atoms with van der Waals surface area (Å²) in [6.07, 6.45) is -12.3. The fourth-order valence-electron chi connectivity index (χ4n) is 2.54. The van der Waals surface area contributed by atoms with Crippen LogP contribution in [0.5, 0.6) is 0 Å². The van der Waals surface area contributed by atoms with Crippen molar-refractivity contribution in [1.82, 2.24) is 0 Å². The summed E-state index contributed by atoms with van der Waals surface area (Å²) in [6, 6.07) is 0. The molecule has 0 amide bonds.